The number of halogens is 1. The average molecular weight is 473 g/mol. The molecule has 1 unspecified atom stereocenters. The summed E-state index contributed by atoms with van der Waals surface area (Å²) in [6.07, 6.45) is 5.84. The van der Waals surface area contributed by atoms with Gasteiger partial charge >= 0.3 is 0 Å². The van der Waals surface area contributed by atoms with Crippen molar-refractivity contribution in [2.75, 3.05) is 25.4 Å². The highest BCUT2D eigenvalue weighted by Crippen LogP contribution is 2.25. The minimum Gasteiger partial charge on any atom is -0.384 e. The van der Waals surface area contributed by atoms with Gasteiger partial charge < -0.3 is 11.1 Å². The smallest absolute Gasteiger partial charge is 0.254 e. The number of likely N-dealkylation sites (tertiary alicyclic amines) is 1. The number of anilines is 1. The number of rotatable bonds is 6. The van der Waals surface area contributed by atoms with Gasteiger partial charge in [0.15, 0.2) is 0 Å². The summed E-state index contributed by atoms with van der Waals surface area (Å²) in [4.78, 5) is 27.8. The third kappa shape index (κ3) is 5.64. The maximum atomic E-state index is 15.1. The number of nitrogens with two attached hydrogens (primary N) is 1. The van der Waals surface area contributed by atoms with E-state index in [9.17, 15) is 4.79 Å². The lowest BCUT2D eigenvalue weighted by Crippen LogP contribution is -2.40. The number of benzene rings is 1. The van der Waals surface area contributed by atoms with Crippen molar-refractivity contribution in [2.45, 2.75) is 39.2 Å². The first kappa shape index (κ1) is 24.3. The van der Waals surface area contributed by atoms with Gasteiger partial charge in [0, 0.05) is 29.9 Å². The number of amides is 1. The lowest BCUT2D eigenvalue weighted by molar-refractivity contribution is 0.0937. The molecule has 7 nitrogen and oxygen atoms in total. The molecular weight excluding hydrogens is 443 g/mol. The van der Waals surface area contributed by atoms with Gasteiger partial charge in [0.1, 0.15) is 18.0 Å². The van der Waals surface area contributed by atoms with E-state index in [1.165, 1.54) is 18.5 Å². The Morgan fingerprint density at radius 2 is 2.06 bits per heavy atom. The molecule has 3 N–H and O–H groups in total. The number of carbonyl (C=O) groups is 1. The molecule has 3 heterocycles. The standard InChI is InChI=1S/C27H29FN6O/c1-3-24-22(10-7-18-8-12-25(29)30-15-18)26(33-17-32-24)19-9-11-21(23(28)14-19)27(35)31-16-20-6-5-13-34(20)4-2/h8-9,11-12,14-15,17,20H,3-6,13,16H2,1-2H3,(H2,29,30)(H,31,35). The fraction of sp³-hybridized carbons (Fsp3) is 0.333. The van der Waals surface area contributed by atoms with Gasteiger partial charge in [-0.25, -0.2) is 19.3 Å². The molecule has 1 amide bonds. The number of hydrogen-bond donors (Lipinski definition) is 2. The van der Waals surface area contributed by atoms with E-state index in [2.05, 4.69) is 43.9 Å². The molecule has 1 aliphatic heterocycles. The third-order valence-electron chi connectivity index (χ3n) is 6.27. The third-order valence-corrected chi connectivity index (χ3v) is 6.27. The fourth-order valence-electron chi connectivity index (χ4n) is 4.35. The first-order chi connectivity index (χ1) is 17.0. The summed E-state index contributed by atoms with van der Waals surface area (Å²) in [5, 5.41) is 2.89. The number of pyridine rings is 1. The molecule has 1 atom stereocenters. The van der Waals surface area contributed by atoms with Gasteiger partial charge in [-0.05, 0) is 56.6 Å². The Morgan fingerprint density at radius 3 is 2.77 bits per heavy atom. The van der Waals surface area contributed by atoms with E-state index in [-0.39, 0.29) is 5.56 Å². The molecule has 1 aliphatic rings. The van der Waals surface area contributed by atoms with Gasteiger partial charge in [0.25, 0.3) is 5.91 Å². The van der Waals surface area contributed by atoms with E-state index in [0.717, 1.165) is 31.6 Å². The number of nitrogens with zero attached hydrogens (tertiary/aromatic N) is 4. The SMILES string of the molecule is CCc1ncnc(-c2ccc(C(=O)NCC3CCCN3CC)c(F)c2)c1C#Cc1ccc(N)nc1. The van der Waals surface area contributed by atoms with E-state index in [1.807, 2.05) is 6.92 Å². The predicted molar refractivity (Wildman–Crippen MR) is 134 cm³/mol. The van der Waals surface area contributed by atoms with Crippen LogP contribution in [0.25, 0.3) is 11.3 Å². The second-order valence-electron chi connectivity index (χ2n) is 8.45. The first-order valence-electron chi connectivity index (χ1n) is 11.9. The van der Waals surface area contributed by atoms with Crippen LogP contribution in [0.5, 0.6) is 0 Å². The molecule has 0 saturated carbocycles. The van der Waals surface area contributed by atoms with Crippen LogP contribution in [0.4, 0.5) is 10.2 Å². The predicted octanol–water partition coefficient (Wildman–Crippen LogP) is 3.44. The molecule has 1 aromatic carbocycles. The molecule has 3 aromatic rings. The number of hydrogen-bond acceptors (Lipinski definition) is 6. The van der Waals surface area contributed by atoms with Crippen LogP contribution in [-0.4, -0.2) is 51.4 Å². The zero-order chi connectivity index (χ0) is 24.8. The van der Waals surface area contributed by atoms with Crippen LogP contribution < -0.4 is 11.1 Å². The Hall–Kier alpha value is -3.83. The highest BCUT2D eigenvalue weighted by atomic mass is 19.1. The van der Waals surface area contributed by atoms with E-state index in [4.69, 9.17) is 5.73 Å². The molecule has 1 fully saturated rings. The van der Waals surface area contributed by atoms with Crippen LogP contribution in [-0.2, 0) is 6.42 Å². The number of aryl methyl sites for hydroxylation is 1. The van der Waals surface area contributed by atoms with Crippen molar-refractivity contribution in [2.24, 2.45) is 0 Å². The Morgan fingerprint density at radius 1 is 1.20 bits per heavy atom. The monoisotopic (exact) mass is 472 g/mol. The Labute approximate surface area is 205 Å². The Kier molecular flexibility index (Phi) is 7.68. The molecule has 0 aliphatic carbocycles. The number of nitrogen functional groups attached to an aromatic ring is 1. The van der Waals surface area contributed by atoms with E-state index >= 15 is 4.39 Å². The summed E-state index contributed by atoms with van der Waals surface area (Å²) >= 11 is 0. The van der Waals surface area contributed by atoms with Gasteiger partial charge in [-0.3, -0.25) is 9.69 Å². The molecule has 35 heavy (non-hydrogen) atoms. The molecule has 8 heteroatoms. The average Bonchev–Trinajstić information content (AvgIpc) is 3.34. The maximum Gasteiger partial charge on any atom is 0.254 e. The van der Waals surface area contributed by atoms with Crippen molar-refractivity contribution in [1.82, 2.24) is 25.2 Å². The summed E-state index contributed by atoms with van der Waals surface area (Å²) in [5.41, 5.74) is 8.77. The van der Waals surface area contributed by atoms with Crippen molar-refractivity contribution in [3.05, 3.63) is 71.1 Å². The van der Waals surface area contributed by atoms with Crippen molar-refractivity contribution in [3.8, 4) is 23.1 Å². The number of nitrogens with one attached hydrogen (secondary N) is 1. The summed E-state index contributed by atoms with van der Waals surface area (Å²) in [6, 6.07) is 8.30. The minimum atomic E-state index is -0.600. The molecule has 2 aromatic heterocycles. The normalized spacial score (nSPS) is 15.5. The summed E-state index contributed by atoms with van der Waals surface area (Å²) in [5.74, 6) is 5.59. The summed E-state index contributed by atoms with van der Waals surface area (Å²) in [7, 11) is 0. The zero-order valence-corrected chi connectivity index (χ0v) is 20.0. The van der Waals surface area contributed by atoms with E-state index in [1.54, 1.807) is 24.4 Å². The zero-order valence-electron chi connectivity index (χ0n) is 20.0. The fourth-order valence-corrected chi connectivity index (χ4v) is 4.35. The van der Waals surface area contributed by atoms with Crippen LogP contribution in [0.15, 0.2) is 42.9 Å². The highest BCUT2D eigenvalue weighted by Gasteiger charge is 2.24. The Bertz CT molecular complexity index is 1260. The number of aromatic nitrogens is 3. The molecular formula is C27H29FN6O. The van der Waals surface area contributed by atoms with Crippen LogP contribution in [0.3, 0.4) is 0 Å². The van der Waals surface area contributed by atoms with Crippen LogP contribution in [0.1, 0.15) is 53.9 Å². The number of likely N-dealkylation sites (N-methyl/N-ethyl adjacent to an activating group) is 1. The molecule has 180 valence electrons. The van der Waals surface area contributed by atoms with E-state index < -0.39 is 11.7 Å². The molecule has 0 bridgehead atoms. The molecule has 4 rings (SSSR count). The van der Waals surface area contributed by atoms with Gasteiger partial charge in [-0.2, -0.15) is 0 Å². The molecule has 0 spiro atoms. The molecule has 0 radical (unpaired) electrons. The first-order valence-corrected chi connectivity index (χ1v) is 11.9. The molecule has 1 saturated heterocycles. The number of carbonyl (C=O) groups excluding carboxylic acids is 1. The van der Waals surface area contributed by atoms with Gasteiger partial charge in [-0.1, -0.05) is 31.8 Å². The second kappa shape index (κ2) is 11.1. The Balaban J connectivity index is 1.58. The quantitative estimate of drug-likeness (QED) is 0.534. The lowest BCUT2D eigenvalue weighted by atomic mass is 10.0. The van der Waals surface area contributed by atoms with Crippen molar-refractivity contribution >= 4 is 11.7 Å². The van der Waals surface area contributed by atoms with Gasteiger partial charge in [0.2, 0.25) is 0 Å². The van der Waals surface area contributed by atoms with Crippen molar-refractivity contribution in [3.63, 3.8) is 0 Å². The van der Waals surface area contributed by atoms with Crippen LogP contribution in [0, 0.1) is 17.7 Å². The largest absolute Gasteiger partial charge is 0.384 e. The minimum absolute atomic E-state index is 0.0140. The lowest BCUT2D eigenvalue weighted by Gasteiger charge is -2.22. The van der Waals surface area contributed by atoms with Crippen LogP contribution >= 0.6 is 0 Å². The second-order valence-corrected chi connectivity index (χ2v) is 8.45. The highest BCUT2D eigenvalue weighted by molar-refractivity contribution is 5.95. The van der Waals surface area contributed by atoms with Crippen molar-refractivity contribution < 1.29 is 9.18 Å². The van der Waals surface area contributed by atoms with Gasteiger partial charge in [-0.15, -0.1) is 0 Å². The van der Waals surface area contributed by atoms with Crippen molar-refractivity contribution in [1.29, 1.82) is 0 Å². The van der Waals surface area contributed by atoms with E-state index in [0.29, 0.717) is 47.2 Å². The van der Waals surface area contributed by atoms with Crippen LogP contribution in [0.2, 0.25) is 0 Å². The summed E-state index contributed by atoms with van der Waals surface area (Å²) < 4.78 is 15.1. The summed E-state index contributed by atoms with van der Waals surface area (Å²) in [6.45, 7) is 6.58. The van der Waals surface area contributed by atoms with Gasteiger partial charge in [0.05, 0.1) is 22.5 Å². The maximum absolute atomic E-state index is 15.1. The topological polar surface area (TPSA) is 97.0 Å².